The van der Waals surface area contributed by atoms with Crippen LogP contribution in [-0.4, -0.2) is 25.8 Å². The lowest BCUT2D eigenvalue weighted by Crippen LogP contribution is -2.09. The van der Waals surface area contributed by atoms with Crippen LogP contribution < -0.4 is 4.74 Å². The van der Waals surface area contributed by atoms with Gasteiger partial charge in [-0.15, -0.1) is 0 Å². The summed E-state index contributed by atoms with van der Waals surface area (Å²) in [5, 5.41) is 0.892. The number of esters is 1. The maximum atomic E-state index is 12.1. The zero-order chi connectivity index (χ0) is 18.1. The Hall–Kier alpha value is -2.17. The topological polar surface area (TPSA) is 44.8 Å². The molecule has 0 heterocycles. The maximum Gasteiger partial charge on any atom is 0.341 e. The van der Waals surface area contributed by atoms with Crippen LogP contribution in [0.15, 0.2) is 54.8 Å². The Balaban J connectivity index is 1.92. The second-order valence-corrected chi connectivity index (χ2v) is 5.73. The third-order valence-corrected chi connectivity index (χ3v) is 3.88. The largest absolute Gasteiger partial charge is 0.497 e. The normalized spacial score (nSPS) is 11.1. The minimum atomic E-state index is -0.431. The molecule has 0 atom stereocenters. The standard InChI is InChI=1S/C19H18Cl2O4/c1-2-24-19(22)16(14-6-4-3-5-7-14)13-23-10-11-25-15-8-9-17(20)18(21)12-15/h3-9,12-13H,2,10-11H2,1H3/b16-13+. The third kappa shape index (κ3) is 6.00. The molecule has 6 heteroatoms. The van der Waals surface area contributed by atoms with Crippen LogP contribution >= 0.6 is 23.2 Å². The highest BCUT2D eigenvalue weighted by atomic mass is 35.5. The Morgan fingerprint density at radius 2 is 1.80 bits per heavy atom. The lowest BCUT2D eigenvalue weighted by Gasteiger charge is -2.09. The first-order valence-corrected chi connectivity index (χ1v) is 8.49. The molecule has 0 amide bonds. The van der Waals surface area contributed by atoms with Gasteiger partial charge < -0.3 is 14.2 Å². The molecule has 0 aromatic heterocycles. The van der Waals surface area contributed by atoms with Gasteiger partial charge in [0.1, 0.15) is 24.5 Å². The van der Waals surface area contributed by atoms with Crippen molar-refractivity contribution in [3.05, 3.63) is 70.4 Å². The number of hydrogen-bond acceptors (Lipinski definition) is 4. The van der Waals surface area contributed by atoms with Gasteiger partial charge in [-0.1, -0.05) is 53.5 Å². The van der Waals surface area contributed by atoms with Crippen LogP contribution in [-0.2, 0) is 14.3 Å². The van der Waals surface area contributed by atoms with Gasteiger partial charge in [0, 0.05) is 6.07 Å². The first-order valence-electron chi connectivity index (χ1n) is 7.74. The molecule has 0 N–H and O–H groups in total. The zero-order valence-corrected chi connectivity index (χ0v) is 15.2. The van der Waals surface area contributed by atoms with E-state index >= 15 is 0 Å². The van der Waals surface area contributed by atoms with Crippen molar-refractivity contribution < 1.29 is 19.0 Å². The number of halogens is 2. The van der Waals surface area contributed by atoms with Gasteiger partial charge in [0.05, 0.1) is 22.9 Å². The molecule has 0 aliphatic rings. The van der Waals surface area contributed by atoms with E-state index in [0.717, 1.165) is 5.56 Å². The molecule has 132 valence electrons. The molecule has 0 aliphatic carbocycles. The van der Waals surface area contributed by atoms with E-state index in [-0.39, 0.29) is 6.61 Å². The molecule has 4 nitrogen and oxygen atoms in total. The molecule has 0 saturated carbocycles. The summed E-state index contributed by atoms with van der Waals surface area (Å²) in [5.41, 5.74) is 1.09. The predicted molar refractivity (Wildman–Crippen MR) is 99.0 cm³/mol. The van der Waals surface area contributed by atoms with Crippen molar-refractivity contribution in [1.29, 1.82) is 0 Å². The highest BCUT2D eigenvalue weighted by Crippen LogP contribution is 2.26. The van der Waals surface area contributed by atoms with E-state index in [0.29, 0.717) is 34.6 Å². The van der Waals surface area contributed by atoms with E-state index in [4.69, 9.17) is 37.4 Å². The molecule has 0 spiro atoms. The summed E-state index contributed by atoms with van der Waals surface area (Å²) in [6.07, 6.45) is 1.39. The fourth-order valence-corrected chi connectivity index (χ4v) is 2.27. The highest BCUT2D eigenvalue weighted by molar-refractivity contribution is 6.42. The summed E-state index contributed by atoms with van der Waals surface area (Å²) in [6, 6.07) is 14.2. The van der Waals surface area contributed by atoms with Crippen molar-refractivity contribution in [2.75, 3.05) is 19.8 Å². The Kier molecular flexibility index (Phi) is 7.64. The number of ether oxygens (including phenoxy) is 3. The van der Waals surface area contributed by atoms with Crippen molar-refractivity contribution in [3.8, 4) is 5.75 Å². The second kappa shape index (κ2) is 9.97. The van der Waals surface area contributed by atoms with Gasteiger partial charge >= 0.3 is 5.97 Å². The van der Waals surface area contributed by atoms with Crippen LogP contribution in [0.2, 0.25) is 10.0 Å². The van der Waals surface area contributed by atoms with Gasteiger partial charge in [-0.2, -0.15) is 0 Å². The van der Waals surface area contributed by atoms with E-state index in [1.807, 2.05) is 30.3 Å². The van der Waals surface area contributed by atoms with Gasteiger partial charge in [-0.3, -0.25) is 0 Å². The van der Waals surface area contributed by atoms with Crippen molar-refractivity contribution in [1.82, 2.24) is 0 Å². The van der Waals surface area contributed by atoms with E-state index in [9.17, 15) is 4.79 Å². The molecule has 0 saturated heterocycles. The van der Waals surface area contributed by atoms with Crippen molar-refractivity contribution in [3.63, 3.8) is 0 Å². The molecule has 2 aromatic rings. The van der Waals surface area contributed by atoms with Gasteiger partial charge in [0.25, 0.3) is 0 Å². The first kappa shape index (κ1) is 19.2. The molecule has 0 bridgehead atoms. The van der Waals surface area contributed by atoms with E-state index < -0.39 is 5.97 Å². The number of carbonyl (C=O) groups is 1. The number of carbonyl (C=O) groups excluding carboxylic acids is 1. The van der Waals surface area contributed by atoms with Crippen LogP contribution in [0.4, 0.5) is 0 Å². The molecule has 0 aliphatic heterocycles. The minimum Gasteiger partial charge on any atom is -0.497 e. The predicted octanol–water partition coefficient (Wildman–Crippen LogP) is 4.99. The van der Waals surface area contributed by atoms with E-state index in [1.165, 1.54) is 6.26 Å². The SMILES string of the molecule is CCOC(=O)/C(=C/OCCOc1ccc(Cl)c(Cl)c1)c1ccccc1. The molecule has 0 unspecified atom stereocenters. The number of hydrogen-bond donors (Lipinski definition) is 0. The molecule has 2 rings (SSSR count). The van der Waals surface area contributed by atoms with Crippen LogP contribution in [0.1, 0.15) is 12.5 Å². The monoisotopic (exact) mass is 380 g/mol. The van der Waals surface area contributed by atoms with E-state index in [2.05, 4.69) is 0 Å². The van der Waals surface area contributed by atoms with Crippen molar-refractivity contribution >= 4 is 34.7 Å². The summed E-state index contributed by atoms with van der Waals surface area (Å²) < 4.78 is 16.0. The second-order valence-electron chi connectivity index (χ2n) is 4.91. The first-order chi connectivity index (χ1) is 12.1. The maximum absolute atomic E-state index is 12.1. The van der Waals surface area contributed by atoms with Crippen LogP contribution in [0.25, 0.3) is 5.57 Å². The number of rotatable bonds is 8. The molecular formula is C19H18Cl2O4. The quantitative estimate of drug-likeness (QED) is 0.280. The van der Waals surface area contributed by atoms with Gasteiger partial charge in [-0.25, -0.2) is 4.79 Å². The van der Waals surface area contributed by atoms with Gasteiger partial charge in [0.2, 0.25) is 0 Å². The van der Waals surface area contributed by atoms with Crippen LogP contribution in [0.5, 0.6) is 5.75 Å². The molecular weight excluding hydrogens is 363 g/mol. The Morgan fingerprint density at radius 1 is 1.04 bits per heavy atom. The fraction of sp³-hybridized carbons (Fsp3) is 0.211. The van der Waals surface area contributed by atoms with Gasteiger partial charge in [0.15, 0.2) is 0 Å². The van der Waals surface area contributed by atoms with Crippen LogP contribution in [0.3, 0.4) is 0 Å². The lowest BCUT2D eigenvalue weighted by atomic mass is 10.1. The summed E-state index contributed by atoms with van der Waals surface area (Å²) in [7, 11) is 0. The average Bonchev–Trinajstić information content (AvgIpc) is 2.62. The zero-order valence-electron chi connectivity index (χ0n) is 13.7. The summed E-state index contributed by atoms with van der Waals surface area (Å²) in [6.45, 7) is 2.60. The molecule has 0 fully saturated rings. The smallest absolute Gasteiger partial charge is 0.341 e. The summed E-state index contributed by atoms with van der Waals surface area (Å²) in [5.74, 6) is 0.162. The van der Waals surface area contributed by atoms with Crippen LogP contribution in [0, 0.1) is 0 Å². The third-order valence-electron chi connectivity index (χ3n) is 3.14. The number of benzene rings is 2. The minimum absolute atomic E-state index is 0.260. The van der Waals surface area contributed by atoms with Gasteiger partial charge in [-0.05, 0) is 24.6 Å². The highest BCUT2D eigenvalue weighted by Gasteiger charge is 2.13. The molecule has 25 heavy (non-hydrogen) atoms. The Labute approximate surface area is 156 Å². The Morgan fingerprint density at radius 3 is 2.48 bits per heavy atom. The summed E-state index contributed by atoms with van der Waals surface area (Å²) >= 11 is 11.8. The van der Waals surface area contributed by atoms with Crippen molar-refractivity contribution in [2.24, 2.45) is 0 Å². The average molecular weight is 381 g/mol. The van der Waals surface area contributed by atoms with Crippen molar-refractivity contribution in [2.45, 2.75) is 6.92 Å². The lowest BCUT2D eigenvalue weighted by molar-refractivity contribution is -0.136. The molecule has 2 aromatic carbocycles. The summed E-state index contributed by atoms with van der Waals surface area (Å²) in [4.78, 5) is 12.1. The van der Waals surface area contributed by atoms with E-state index in [1.54, 1.807) is 25.1 Å². The Bertz CT molecular complexity index is 729. The molecule has 0 radical (unpaired) electrons. The fourth-order valence-electron chi connectivity index (χ4n) is 1.98.